The number of aliphatic carboxylic acids is 1. The van der Waals surface area contributed by atoms with Gasteiger partial charge in [0.05, 0.1) is 19.8 Å². The van der Waals surface area contributed by atoms with Gasteiger partial charge in [0.2, 0.25) is 0 Å². The highest BCUT2D eigenvalue weighted by Gasteiger charge is 2.27. The summed E-state index contributed by atoms with van der Waals surface area (Å²) in [5.41, 5.74) is 5.35. The molecule has 11 heteroatoms. The second-order valence-electron chi connectivity index (χ2n) is 14.1. The third-order valence-electron chi connectivity index (χ3n) is 8.61. The Morgan fingerprint density at radius 2 is 1.00 bits per heavy atom. The average Bonchev–Trinajstić information content (AvgIpc) is 3.20. The number of hydrogen-bond acceptors (Lipinski definition) is 8. The zero-order chi connectivity index (χ0) is 42.6. The van der Waals surface area contributed by atoms with E-state index >= 15 is 0 Å². The molecule has 0 saturated carbocycles. The maximum Gasteiger partial charge on any atom is 0.472 e. The second-order valence-corrected chi connectivity index (χ2v) is 15.5. The van der Waals surface area contributed by atoms with Crippen LogP contribution in [-0.4, -0.2) is 60.5 Å². The van der Waals surface area contributed by atoms with E-state index in [2.05, 4.69) is 98.9 Å². The van der Waals surface area contributed by atoms with E-state index in [1.54, 1.807) is 0 Å². The van der Waals surface area contributed by atoms with Gasteiger partial charge in [-0.1, -0.05) is 156 Å². The number of phosphoric acid groups is 1. The van der Waals surface area contributed by atoms with E-state index in [1.807, 2.05) is 12.2 Å². The lowest BCUT2D eigenvalue weighted by molar-refractivity contribution is -0.154. The fraction of sp³-hybridized carbons (Fsp3) is 0.617. The highest BCUT2D eigenvalue weighted by Crippen LogP contribution is 2.43. The topological polar surface area (TPSA) is 155 Å². The van der Waals surface area contributed by atoms with E-state index in [4.69, 9.17) is 29.4 Å². The van der Waals surface area contributed by atoms with E-state index in [-0.39, 0.29) is 13.0 Å². The van der Waals surface area contributed by atoms with E-state index < -0.39 is 45.1 Å². The van der Waals surface area contributed by atoms with Crippen molar-refractivity contribution in [3.05, 3.63) is 97.2 Å². The number of nitrogens with two attached hydrogens (primary N) is 1. The summed E-state index contributed by atoms with van der Waals surface area (Å²) in [5.74, 6) is -1.88. The summed E-state index contributed by atoms with van der Waals surface area (Å²) in [4.78, 5) is 33.5. The second kappa shape index (κ2) is 42.0. The van der Waals surface area contributed by atoms with Crippen LogP contribution in [0.5, 0.6) is 0 Å². The van der Waals surface area contributed by atoms with Crippen LogP contribution in [0.4, 0.5) is 0 Å². The molecule has 0 aliphatic carbocycles. The minimum Gasteiger partial charge on any atom is -0.480 e. The normalized spacial score (nSPS) is 14.8. The Bertz CT molecular complexity index is 1280. The number of allylic oxidation sites excluding steroid dienone is 16. The van der Waals surface area contributed by atoms with Crippen LogP contribution in [0, 0.1) is 0 Å². The molecular weight excluding hydrogens is 753 g/mol. The molecule has 0 fully saturated rings. The summed E-state index contributed by atoms with van der Waals surface area (Å²) in [6.45, 7) is 3.61. The Hall–Kier alpha value is -3.11. The zero-order valence-corrected chi connectivity index (χ0v) is 36.7. The number of hydrogen-bond donors (Lipinski definition) is 3. The lowest BCUT2D eigenvalue weighted by Gasteiger charge is -2.20. The van der Waals surface area contributed by atoms with Crippen LogP contribution in [0.25, 0.3) is 0 Å². The molecule has 58 heavy (non-hydrogen) atoms. The Balaban J connectivity index is 4.42. The summed E-state index contributed by atoms with van der Waals surface area (Å²) < 4.78 is 33.2. The van der Waals surface area contributed by atoms with Gasteiger partial charge in [-0.3, -0.25) is 18.6 Å². The van der Waals surface area contributed by atoms with E-state index in [0.29, 0.717) is 13.0 Å². The van der Waals surface area contributed by atoms with Gasteiger partial charge in [-0.15, -0.1) is 0 Å². The third-order valence-corrected chi connectivity index (χ3v) is 9.56. The van der Waals surface area contributed by atoms with Gasteiger partial charge in [-0.05, 0) is 83.5 Å². The lowest BCUT2D eigenvalue weighted by atomic mass is 10.1. The lowest BCUT2D eigenvalue weighted by Crippen LogP contribution is -2.34. The quantitative estimate of drug-likeness (QED) is 0.0235. The first-order chi connectivity index (χ1) is 28.2. The number of carboxylic acid groups (broad SMARTS) is 1. The molecular formula is C47H78NO9P. The van der Waals surface area contributed by atoms with Crippen molar-refractivity contribution in [1.82, 2.24) is 0 Å². The number of unbranched alkanes of at least 4 members (excludes halogenated alkanes) is 10. The van der Waals surface area contributed by atoms with Crippen LogP contribution in [0.2, 0.25) is 0 Å². The molecule has 0 aliphatic heterocycles. The van der Waals surface area contributed by atoms with Crippen molar-refractivity contribution in [2.75, 3.05) is 26.4 Å². The number of carboxylic acids is 1. The van der Waals surface area contributed by atoms with Gasteiger partial charge in [0.1, 0.15) is 12.1 Å². The first-order valence-electron chi connectivity index (χ1n) is 21.8. The van der Waals surface area contributed by atoms with E-state index in [1.165, 1.54) is 44.9 Å². The first kappa shape index (κ1) is 54.9. The van der Waals surface area contributed by atoms with Gasteiger partial charge in [-0.25, -0.2) is 4.57 Å². The van der Waals surface area contributed by atoms with Crippen molar-refractivity contribution >= 4 is 19.8 Å². The molecule has 0 aliphatic rings. The molecule has 10 nitrogen and oxygen atoms in total. The summed E-state index contributed by atoms with van der Waals surface area (Å²) in [5, 5.41) is 8.90. The minimum atomic E-state index is -4.65. The number of carbonyl (C=O) groups is 2. The molecule has 0 heterocycles. The molecule has 0 amide bonds. The zero-order valence-electron chi connectivity index (χ0n) is 35.8. The van der Waals surface area contributed by atoms with Crippen LogP contribution in [0.15, 0.2) is 97.2 Å². The molecule has 3 atom stereocenters. The number of rotatable bonds is 40. The Labute approximate surface area is 351 Å². The minimum absolute atomic E-state index is 0.0271. The van der Waals surface area contributed by atoms with Crippen molar-refractivity contribution in [3.63, 3.8) is 0 Å². The summed E-state index contributed by atoms with van der Waals surface area (Å²) >= 11 is 0. The largest absolute Gasteiger partial charge is 0.480 e. The van der Waals surface area contributed by atoms with Gasteiger partial charge >= 0.3 is 19.8 Å². The first-order valence-corrected chi connectivity index (χ1v) is 23.3. The Morgan fingerprint density at radius 3 is 1.50 bits per heavy atom. The standard InChI is InChI=1S/C47H78NO9P/c1-3-5-7-9-11-13-15-17-19-21-22-23-25-27-29-31-33-35-37-39-46(49)57-44(42-55-58(52,53)56-43-45(48)47(50)51)41-54-40-38-36-34-32-30-28-26-24-20-18-16-14-12-10-8-6-4-2/h5,7,11,13-14,16-17,19-20,22-24,27,29,33,35,44-45H,3-4,6,8-10,12,15,18,21,25-26,28,30-32,34,36-43,48H2,1-2H3,(H,50,51)(H,52,53)/b7-5-,13-11-,16-14-,19-17-,23-22-,24-20-,29-27-,35-33-. The predicted octanol–water partition coefficient (Wildman–Crippen LogP) is 12.1. The van der Waals surface area contributed by atoms with Crippen molar-refractivity contribution in [2.24, 2.45) is 5.73 Å². The highest BCUT2D eigenvalue weighted by atomic mass is 31.2. The smallest absolute Gasteiger partial charge is 0.472 e. The van der Waals surface area contributed by atoms with E-state index in [9.17, 15) is 19.0 Å². The van der Waals surface area contributed by atoms with Crippen molar-refractivity contribution in [3.8, 4) is 0 Å². The summed E-state index contributed by atoms with van der Waals surface area (Å²) in [7, 11) is -4.65. The molecule has 0 saturated heterocycles. The summed E-state index contributed by atoms with van der Waals surface area (Å²) in [6.07, 6.45) is 54.7. The SMILES string of the molecule is CC/C=C\C/C=C\C/C=C\C/C=C\C/C=C\C/C=C\CCC(=O)OC(COCCCCCCCC/C=C\C/C=C\CCCCCC)COP(=O)(O)OCC(N)C(=O)O. The number of ether oxygens (including phenoxy) is 2. The van der Waals surface area contributed by atoms with Gasteiger partial charge in [-0.2, -0.15) is 0 Å². The fourth-order valence-electron chi connectivity index (χ4n) is 5.25. The Kier molecular flexibility index (Phi) is 39.8. The molecule has 0 bridgehead atoms. The van der Waals surface area contributed by atoms with Gasteiger partial charge < -0.3 is 25.2 Å². The molecule has 0 spiro atoms. The molecule has 0 radical (unpaired) electrons. The van der Waals surface area contributed by atoms with E-state index in [0.717, 1.165) is 77.0 Å². The van der Waals surface area contributed by atoms with Crippen LogP contribution in [0.3, 0.4) is 0 Å². The maximum absolute atomic E-state index is 12.6. The van der Waals surface area contributed by atoms with Crippen molar-refractivity contribution in [1.29, 1.82) is 0 Å². The third kappa shape index (κ3) is 41.1. The molecule has 0 aromatic heterocycles. The summed E-state index contributed by atoms with van der Waals surface area (Å²) in [6, 6.07) is -1.49. The van der Waals surface area contributed by atoms with Gasteiger partial charge in [0.15, 0.2) is 0 Å². The van der Waals surface area contributed by atoms with Crippen LogP contribution in [-0.2, 0) is 32.7 Å². The number of carbonyl (C=O) groups excluding carboxylic acids is 1. The van der Waals surface area contributed by atoms with Crippen molar-refractivity contribution < 1.29 is 42.7 Å². The molecule has 0 aromatic rings. The van der Waals surface area contributed by atoms with Crippen molar-refractivity contribution in [2.45, 2.75) is 161 Å². The molecule has 330 valence electrons. The number of phosphoric ester groups is 1. The molecule has 0 aromatic carbocycles. The fourth-order valence-corrected chi connectivity index (χ4v) is 6.02. The average molecular weight is 832 g/mol. The predicted molar refractivity (Wildman–Crippen MR) is 239 cm³/mol. The Morgan fingerprint density at radius 1 is 0.569 bits per heavy atom. The van der Waals surface area contributed by atoms with Crippen LogP contribution >= 0.6 is 7.82 Å². The molecule has 3 unspecified atom stereocenters. The van der Waals surface area contributed by atoms with Crippen LogP contribution < -0.4 is 5.73 Å². The number of esters is 1. The monoisotopic (exact) mass is 832 g/mol. The van der Waals surface area contributed by atoms with Gasteiger partial charge in [0, 0.05) is 13.0 Å². The molecule has 4 N–H and O–H groups in total. The van der Waals surface area contributed by atoms with Crippen LogP contribution in [0.1, 0.15) is 149 Å². The molecule has 0 rings (SSSR count). The maximum atomic E-state index is 12.6. The highest BCUT2D eigenvalue weighted by molar-refractivity contribution is 7.47. The van der Waals surface area contributed by atoms with Gasteiger partial charge in [0.25, 0.3) is 0 Å².